The highest BCUT2D eigenvalue weighted by Gasteiger charge is 2.16. The summed E-state index contributed by atoms with van der Waals surface area (Å²) in [5.74, 6) is 0.703. The third-order valence-corrected chi connectivity index (χ3v) is 3.57. The number of hydrogen-bond acceptors (Lipinski definition) is 3. The maximum absolute atomic E-state index is 5.84. The van der Waals surface area contributed by atoms with Gasteiger partial charge in [0.15, 0.2) is 5.58 Å². The highest BCUT2D eigenvalue weighted by atomic mass is 16.3. The van der Waals surface area contributed by atoms with Crippen molar-refractivity contribution in [3.8, 4) is 0 Å². The maximum atomic E-state index is 5.84. The zero-order chi connectivity index (χ0) is 13.5. The van der Waals surface area contributed by atoms with Crippen LogP contribution in [-0.4, -0.2) is 14.5 Å². The van der Waals surface area contributed by atoms with Crippen molar-refractivity contribution >= 4 is 22.1 Å². The summed E-state index contributed by atoms with van der Waals surface area (Å²) in [6.07, 6.45) is 1.84. The van der Waals surface area contributed by atoms with Crippen LogP contribution in [-0.2, 0) is 0 Å². The molecule has 1 atom stereocenters. The largest absolute Gasteiger partial charge is 0.438 e. The molecule has 0 aliphatic rings. The molecule has 4 rings (SSSR count). The summed E-state index contributed by atoms with van der Waals surface area (Å²) in [6, 6.07) is 15.9. The fourth-order valence-corrected chi connectivity index (χ4v) is 2.47. The first-order valence-electron chi connectivity index (χ1n) is 6.60. The molecule has 0 fully saturated rings. The summed E-state index contributed by atoms with van der Waals surface area (Å²) >= 11 is 0. The van der Waals surface area contributed by atoms with Gasteiger partial charge in [0.1, 0.15) is 11.6 Å². The summed E-state index contributed by atoms with van der Waals surface area (Å²) in [6.45, 7) is 2.07. The van der Waals surface area contributed by atoms with Gasteiger partial charge < -0.3 is 8.98 Å². The van der Waals surface area contributed by atoms with Gasteiger partial charge in [-0.3, -0.25) is 0 Å². The van der Waals surface area contributed by atoms with Crippen LogP contribution in [0.2, 0.25) is 0 Å². The van der Waals surface area contributed by atoms with Crippen LogP contribution in [0.1, 0.15) is 18.9 Å². The number of hydrogen-bond donors (Lipinski definition) is 0. The number of oxazole rings is 1. The summed E-state index contributed by atoms with van der Waals surface area (Å²) in [4.78, 5) is 8.97. The molecule has 98 valence electrons. The van der Waals surface area contributed by atoms with Gasteiger partial charge >= 0.3 is 0 Å². The Labute approximate surface area is 115 Å². The first-order valence-corrected chi connectivity index (χ1v) is 6.60. The summed E-state index contributed by atoms with van der Waals surface area (Å²) < 4.78 is 7.93. The van der Waals surface area contributed by atoms with Crippen molar-refractivity contribution in [3.63, 3.8) is 0 Å². The van der Waals surface area contributed by atoms with E-state index in [2.05, 4.69) is 27.5 Å². The van der Waals surface area contributed by atoms with E-state index in [0.29, 0.717) is 5.89 Å². The lowest BCUT2D eigenvalue weighted by molar-refractivity contribution is 0.457. The zero-order valence-electron chi connectivity index (χ0n) is 11.0. The van der Waals surface area contributed by atoms with E-state index in [1.165, 1.54) is 0 Å². The number of imidazole rings is 1. The minimum absolute atomic E-state index is 0.00907. The first kappa shape index (κ1) is 11.2. The van der Waals surface area contributed by atoms with Gasteiger partial charge in [-0.2, -0.15) is 0 Å². The molecule has 0 saturated carbocycles. The Bertz CT molecular complexity index is 858. The van der Waals surface area contributed by atoms with E-state index in [1.807, 2.05) is 48.8 Å². The molecule has 20 heavy (non-hydrogen) atoms. The molecule has 1 unspecified atom stereocenters. The minimum Gasteiger partial charge on any atom is -0.438 e. The molecule has 0 bridgehead atoms. The van der Waals surface area contributed by atoms with Gasteiger partial charge in [-0.1, -0.05) is 24.3 Å². The van der Waals surface area contributed by atoms with Gasteiger partial charge in [-0.25, -0.2) is 9.97 Å². The highest BCUT2D eigenvalue weighted by Crippen LogP contribution is 2.25. The minimum atomic E-state index is 0.00907. The van der Waals surface area contributed by atoms with E-state index in [4.69, 9.17) is 4.42 Å². The average molecular weight is 263 g/mol. The van der Waals surface area contributed by atoms with Crippen LogP contribution in [0.15, 0.2) is 59.3 Å². The number of rotatable bonds is 2. The first-order chi connectivity index (χ1) is 9.83. The molecule has 0 radical (unpaired) electrons. The van der Waals surface area contributed by atoms with E-state index in [9.17, 15) is 0 Å². The van der Waals surface area contributed by atoms with Crippen molar-refractivity contribution in [3.05, 3.63) is 60.7 Å². The molecule has 0 amide bonds. The van der Waals surface area contributed by atoms with Gasteiger partial charge in [0.05, 0.1) is 17.4 Å². The second-order valence-electron chi connectivity index (χ2n) is 4.84. The molecule has 0 N–H and O–H groups in total. The Kier molecular flexibility index (Phi) is 2.36. The number of benzene rings is 2. The topological polar surface area (TPSA) is 43.9 Å². The van der Waals surface area contributed by atoms with Crippen LogP contribution in [0.5, 0.6) is 0 Å². The second kappa shape index (κ2) is 4.20. The molecule has 2 aromatic heterocycles. The Hall–Kier alpha value is -2.62. The van der Waals surface area contributed by atoms with Crippen LogP contribution >= 0.6 is 0 Å². The fourth-order valence-electron chi connectivity index (χ4n) is 2.47. The maximum Gasteiger partial charge on any atom is 0.218 e. The van der Waals surface area contributed by atoms with Crippen LogP contribution in [0.4, 0.5) is 0 Å². The van der Waals surface area contributed by atoms with Crippen molar-refractivity contribution in [2.75, 3.05) is 0 Å². The molecular formula is C16H13N3O. The number of fused-ring (bicyclic) bond motifs is 2. The average Bonchev–Trinajstić information content (AvgIpc) is 3.10. The molecule has 4 aromatic rings. The molecule has 0 aliphatic carbocycles. The summed E-state index contributed by atoms with van der Waals surface area (Å²) in [5.41, 5.74) is 3.77. The SMILES string of the molecule is CC(c1nc2ccccc2o1)n1cnc2ccccc21. The van der Waals surface area contributed by atoms with E-state index < -0.39 is 0 Å². The molecule has 0 aliphatic heterocycles. The summed E-state index contributed by atoms with van der Waals surface area (Å²) in [5, 5.41) is 0. The van der Waals surface area contributed by atoms with Crippen LogP contribution in [0, 0.1) is 0 Å². The number of para-hydroxylation sites is 4. The molecule has 4 nitrogen and oxygen atoms in total. The number of aromatic nitrogens is 3. The molecule has 2 heterocycles. The van der Waals surface area contributed by atoms with Gasteiger partial charge in [0.2, 0.25) is 5.89 Å². The fraction of sp³-hybridized carbons (Fsp3) is 0.125. The lowest BCUT2D eigenvalue weighted by Gasteiger charge is -2.10. The lowest BCUT2D eigenvalue weighted by Crippen LogP contribution is -2.05. The van der Waals surface area contributed by atoms with Crippen LogP contribution < -0.4 is 0 Å². The molecule has 0 saturated heterocycles. The summed E-state index contributed by atoms with van der Waals surface area (Å²) in [7, 11) is 0. The Balaban J connectivity index is 1.85. The highest BCUT2D eigenvalue weighted by molar-refractivity contribution is 5.75. The van der Waals surface area contributed by atoms with Crippen molar-refractivity contribution in [2.45, 2.75) is 13.0 Å². The van der Waals surface area contributed by atoms with E-state index in [1.54, 1.807) is 0 Å². The van der Waals surface area contributed by atoms with Gasteiger partial charge in [-0.05, 0) is 31.2 Å². The smallest absolute Gasteiger partial charge is 0.218 e. The predicted molar refractivity (Wildman–Crippen MR) is 77.6 cm³/mol. The molecule has 2 aromatic carbocycles. The van der Waals surface area contributed by atoms with Gasteiger partial charge in [0, 0.05) is 0 Å². The van der Waals surface area contributed by atoms with Gasteiger partial charge in [-0.15, -0.1) is 0 Å². The Morgan fingerprint density at radius 3 is 2.60 bits per heavy atom. The van der Waals surface area contributed by atoms with Crippen molar-refractivity contribution in [1.29, 1.82) is 0 Å². The van der Waals surface area contributed by atoms with E-state index >= 15 is 0 Å². The second-order valence-corrected chi connectivity index (χ2v) is 4.84. The third-order valence-electron chi connectivity index (χ3n) is 3.57. The monoisotopic (exact) mass is 263 g/mol. The van der Waals surface area contributed by atoms with Gasteiger partial charge in [0.25, 0.3) is 0 Å². The van der Waals surface area contributed by atoms with E-state index in [0.717, 1.165) is 22.1 Å². The van der Waals surface area contributed by atoms with Crippen molar-refractivity contribution < 1.29 is 4.42 Å². The number of nitrogens with zero attached hydrogens (tertiary/aromatic N) is 3. The standard InChI is InChI=1S/C16H13N3O/c1-11(16-18-13-7-3-5-9-15(13)20-16)19-10-17-12-6-2-4-8-14(12)19/h2-11H,1H3. The normalized spacial score (nSPS) is 13.1. The van der Waals surface area contributed by atoms with Crippen LogP contribution in [0.3, 0.4) is 0 Å². The van der Waals surface area contributed by atoms with Crippen molar-refractivity contribution in [2.24, 2.45) is 0 Å². The molecule has 4 heteroatoms. The predicted octanol–water partition coefficient (Wildman–Crippen LogP) is 3.79. The third kappa shape index (κ3) is 1.61. The van der Waals surface area contributed by atoms with Crippen LogP contribution in [0.25, 0.3) is 22.1 Å². The van der Waals surface area contributed by atoms with E-state index in [-0.39, 0.29) is 6.04 Å². The Morgan fingerprint density at radius 2 is 1.75 bits per heavy atom. The zero-order valence-corrected chi connectivity index (χ0v) is 11.0. The Morgan fingerprint density at radius 1 is 1.00 bits per heavy atom. The molecular weight excluding hydrogens is 250 g/mol. The van der Waals surface area contributed by atoms with Crippen molar-refractivity contribution in [1.82, 2.24) is 14.5 Å². The lowest BCUT2D eigenvalue weighted by atomic mass is 10.3. The quantitative estimate of drug-likeness (QED) is 0.552. The molecule has 0 spiro atoms.